The Kier molecular flexibility index (Phi) is 4.44. The molecule has 2 rings (SSSR count). The monoisotopic (exact) mass is 258 g/mol. The summed E-state index contributed by atoms with van der Waals surface area (Å²) in [4.78, 5) is 12.3. The smallest absolute Gasteiger partial charge is 0.163 e. The van der Waals surface area contributed by atoms with Crippen molar-refractivity contribution in [1.82, 2.24) is 0 Å². The molecule has 0 saturated heterocycles. The number of carbonyl (C=O) groups is 1. The van der Waals surface area contributed by atoms with Gasteiger partial charge in [-0.25, -0.2) is 0 Å². The topological polar surface area (TPSA) is 17.1 Å². The zero-order chi connectivity index (χ0) is 13.9. The van der Waals surface area contributed by atoms with Crippen LogP contribution in [0.2, 0.25) is 0 Å². The summed E-state index contributed by atoms with van der Waals surface area (Å²) in [6.07, 6.45) is 7.19. The van der Waals surface area contributed by atoms with E-state index >= 15 is 0 Å². The van der Waals surface area contributed by atoms with Crippen molar-refractivity contribution < 1.29 is 4.79 Å². The van der Waals surface area contributed by atoms with Gasteiger partial charge in [0.15, 0.2) is 5.78 Å². The zero-order valence-electron chi connectivity index (χ0n) is 12.5. The van der Waals surface area contributed by atoms with E-state index in [4.69, 9.17) is 0 Å². The molecule has 104 valence electrons. The van der Waals surface area contributed by atoms with Crippen LogP contribution in [-0.4, -0.2) is 5.78 Å². The van der Waals surface area contributed by atoms with Gasteiger partial charge in [0.25, 0.3) is 0 Å². The van der Waals surface area contributed by atoms with Crippen LogP contribution in [0.1, 0.15) is 75.2 Å². The van der Waals surface area contributed by atoms with Gasteiger partial charge in [0.2, 0.25) is 0 Å². The Morgan fingerprint density at radius 2 is 1.63 bits per heavy atom. The molecule has 0 aromatic heterocycles. The molecule has 0 bridgehead atoms. The molecule has 19 heavy (non-hydrogen) atoms. The summed E-state index contributed by atoms with van der Waals surface area (Å²) in [6, 6.07) is 8.22. The average Bonchev–Trinajstić information content (AvgIpc) is 2.39. The molecule has 0 heterocycles. The van der Waals surface area contributed by atoms with E-state index in [2.05, 4.69) is 32.9 Å². The first-order valence-electron chi connectivity index (χ1n) is 7.60. The van der Waals surface area contributed by atoms with Crippen molar-refractivity contribution in [2.75, 3.05) is 0 Å². The molecule has 1 aliphatic rings. The minimum absolute atomic E-state index is 0.158. The van der Waals surface area contributed by atoms with Crippen LogP contribution in [0.25, 0.3) is 0 Å². The van der Waals surface area contributed by atoms with Crippen LogP contribution in [0.4, 0.5) is 0 Å². The van der Waals surface area contributed by atoms with Crippen LogP contribution in [0.3, 0.4) is 0 Å². The maximum atomic E-state index is 12.3. The Morgan fingerprint density at radius 3 is 2.16 bits per heavy atom. The van der Waals surface area contributed by atoms with E-state index in [1.54, 1.807) is 0 Å². The van der Waals surface area contributed by atoms with Crippen LogP contribution in [0.15, 0.2) is 24.3 Å². The second kappa shape index (κ2) is 5.90. The molecular formula is C18H26O. The Labute approximate surface area is 117 Å². The molecule has 0 radical (unpaired) electrons. The van der Waals surface area contributed by atoms with Gasteiger partial charge in [0, 0.05) is 12.0 Å². The zero-order valence-corrected chi connectivity index (χ0v) is 12.5. The van der Waals surface area contributed by atoms with Crippen molar-refractivity contribution in [1.29, 1.82) is 0 Å². The molecule has 1 heteroatoms. The Bertz CT molecular complexity index is 416. The highest BCUT2D eigenvalue weighted by Gasteiger charge is 2.19. The van der Waals surface area contributed by atoms with Crippen molar-refractivity contribution in [3.63, 3.8) is 0 Å². The highest BCUT2D eigenvalue weighted by Crippen LogP contribution is 2.28. The number of benzene rings is 1. The Balaban J connectivity index is 1.99. The van der Waals surface area contributed by atoms with Crippen molar-refractivity contribution in [2.45, 2.75) is 64.7 Å². The van der Waals surface area contributed by atoms with E-state index in [1.807, 2.05) is 12.1 Å². The maximum Gasteiger partial charge on any atom is 0.163 e. The largest absolute Gasteiger partial charge is 0.294 e. The van der Waals surface area contributed by atoms with Crippen LogP contribution < -0.4 is 0 Å². The molecule has 1 nitrogen and oxygen atoms in total. The lowest BCUT2D eigenvalue weighted by molar-refractivity contribution is 0.0950. The standard InChI is InChI=1S/C18H26O/c1-18(2,3)16-11-9-15(10-12-16)17(19)13-14-7-5-4-6-8-14/h9-12,14H,4-8,13H2,1-3H3. The normalized spacial score (nSPS) is 17.4. The molecule has 0 N–H and O–H groups in total. The molecule has 1 aromatic rings. The SMILES string of the molecule is CC(C)(C)c1ccc(C(=O)CC2CCCCC2)cc1. The minimum atomic E-state index is 0.158. The second-order valence-corrected chi connectivity index (χ2v) is 6.96. The van der Waals surface area contributed by atoms with Crippen LogP contribution >= 0.6 is 0 Å². The predicted molar refractivity (Wildman–Crippen MR) is 80.7 cm³/mol. The summed E-state index contributed by atoms with van der Waals surface area (Å²) in [6.45, 7) is 6.60. The average molecular weight is 258 g/mol. The predicted octanol–water partition coefficient (Wildman–Crippen LogP) is 5.14. The van der Waals surface area contributed by atoms with E-state index in [9.17, 15) is 4.79 Å². The summed E-state index contributed by atoms with van der Waals surface area (Å²) in [5, 5.41) is 0. The third-order valence-corrected chi connectivity index (χ3v) is 4.27. The Hall–Kier alpha value is -1.11. The summed E-state index contributed by atoms with van der Waals surface area (Å²) in [5.41, 5.74) is 2.34. The molecule has 0 atom stereocenters. The lowest BCUT2D eigenvalue weighted by atomic mass is 9.83. The minimum Gasteiger partial charge on any atom is -0.294 e. The summed E-state index contributed by atoms with van der Waals surface area (Å²) >= 11 is 0. The van der Waals surface area contributed by atoms with Gasteiger partial charge in [0.1, 0.15) is 0 Å². The number of ketones is 1. The molecule has 1 fully saturated rings. The second-order valence-electron chi connectivity index (χ2n) is 6.96. The quantitative estimate of drug-likeness (QED) is 0.686. The third-order valence-electron chi connectivity index (χ3n) is 4.27. The molecule has 0 aliphatic heterocycles. The number of Topliss-reactive ketones (excluding diaryl/α,β-unsaturated/α-hetero) is 1. The van der Waals surface area contributed by atoms with E-state index < -0.39 is 0 Å². The van der Waals surface area contributed by atoms with Crippen molar-refractivity contribution in [3.8, 4) is 0 Å². The fourth-order valence-electron chi connectivity index (χ4n) is 2.93. The van der Waals surface area contributed by atoms with E-state index in [1.165, 1.54) is 37.7 Å². The number of rotatable bonds is 3. The summed E-state index contributed by atoms with van der Waals surface area (Å²) < 4.78 is 0. The van der Waals surface area contributed by atoms with Gasteiger partial charge in [-0.1, -0.05) is 77.1 Å². The van der Waals surface area contributed by atoms with Crippen LogP contribution in [-0.2, 0) is 5.41 Å². The van der Waals surface area contributed by atoms with Crippen LogP contribution in [0, 0.1) is 5.92 Å². The fraction of sp³-hybridized carbons (Fsp3) is 0.611. The molecule has 1 aromatic carbocycles. The first kappa shape index (κ1) is 14.3. The molecule has 0 unspecified atom stereocenters. The van der Waals surface area contributed by atoms with Gasteiger partial charge >= 0.3 is 0 Å². The fourth-order valence-corrected chi connectivity index (χ4v) is 2.93. The highest BCUT2D eigenvalue weighted by molar-refractivity contribution is 5.96. The first-order valence-corrected chi connectivity index (χ1v) is 7.60. The molecule has 0 amide bonds. The maximum absolute atomic E-state index is 12.3. The molecule has 1 saturated carbocycles. The summed E-state index contributed by atoms with van der Waals surface area (Å²) in [7, 11) is 0. The summed E-state index contributed by atoms with van der Waals surface area (Å²) in [5.74, 6) is 0.955. The third kappa shape index (κ3) is 3.92. The van der Waals surface area contributed by atoms with Gasteiger partial charge < -0.3 is 0 Å². The first-order chi connectivity index (χ1) is 8.97. The number of hydrogen-bond acceptors (Lipinski definition) is 1. The van der Waals surface area contributed by atoms with Gasteiger partial charge in [-0.05, 0) is 16.9 Å². The Morgan fingerprint density at radius 1 is 1.05 bits per heavy atom. The van der Waals surface area contributed by atoms with Crippen LogP contribution in [0.5, 0.6) is 0 Å². The van der Waals surface area contributed by atoms with E-state index in [-0.39, 0.29) is 5.41 Å². The van der Waals surface area contributed by atoms with Crippen molar-refractivity contribution in [3.05, 3.63) is 35.4 Å². The highest BCUT2D eigenvalue weighted by atomic mass is 16.1. The number of carbonyl (C=O) groups excluding carboxylic acids is 1. The lowest BCUT2D eigenvalue weighted by Crippen LogP contribution is -2.13. The van der Waals surface area contributed by atoms with Crippen molar-refractivity contribution in [2.24, 2.45) is 5.92 Å². The van der Waals surface area contributed by atoms with Gasteiger partial charge in [-0.15, -0.1) is 0 Å². The molecular weight excluding hydrogens is 232 g/mol. The molecule has 0 spiro atoms. The van der Waals surface area contributed by atoms with Gasteiger partial charge in [-0.2, -0.15) is 0 Å². The van der Waals surface area contributed by atoms with Gasteiger partial charge in [0.05, 0.1) is 0 Å². The van der Waals surface area contributed by atoms with Gasteiger partial charge in [-0.3, -0.25) is 4.79 Å². The molecule has 1 aliphatic carbocycles. The van der Waals surface area contributed by atoms with E-state index in [0.717, 1.165) is 12.0 Å². The lowest BCUT2D eigenvalue weighted by Gasteiger charge is -2.21. The van der Waals surface area contributed by atoms with E-state index in [0.29, 0.717) is 11.7 Å². The number of hydrogen-bond donors (Lipinski definition) is 0. The van der Waals surface area contributed by atoms with Crippen molar-refractivity contribution >= 4 is 5.78 Å².